The van der Waals surface area contributed by atoms with E-state index in [1.165, 1.54) is 22.0 Å². The summed E-state index contributed by atoms with van der Waals surface area (Å²) in [5.41, 5.74) is 1.93. The van der Waals surface area contributed by atoms with Crippen LogP contribution in [0.3, 0.4) is 0 Å². The average molecular weight is 499 g/mol. The second kappa shape index (κ2) is 9.87. The SMILES string of the molecule is CCOC(=O)C1=C(C)N=c2s/c(=C\c3ccc(O)c(OCC)c3)c(=O)n2[C@@H]1c1ccc(Cl)cc1. The first kappa shape index (κ1) is 23.8. The Balaban J connectivity index is 1.91. The molecule has 7 nitrogen and oxygen atoms in total. The van der Waals surface area contributed by atoms with Crippen molar-refractivity contribution in [3.63, 3.8) is 0 Å². The molecule has 34 heavy (non-hydrogen) atoms. The largest absolute Gasteiger partial charge is 0.504 e. The number of thiazole rings is 1. The van der Waals surface area contributed by atoms with E-state index < -0.39 is 12.0 Å². The summed E-state index contributed by atoms with van der Waals surface area (Å²) in [6.07, 6.45) is 1.72. The molecule has 0 bridgehead atoms. The van der Waals surface area contributed by atoms with E-state index in [2.05, 4.69) is 4.99 Å². The van der Waals surface area contributed by atoms with Crippen molar-refractivity contribution in [1.29, 1.82) is 0 Å². The lowest BCUT2D eigenvalue weighted by Gasteiger charge is -2.24. The average Bonchev–Trinajstić information content (AvgIpc) is 3.10. The first-order chi connectivity index (χ1) is 16.3. The number of hydrogen-bond acceptors (Lipinski definition) is 7. The van der Waals surface area contributed by atoms with Crippen LogP contribution in [0.15, 0.2) is 63.5 Å². The van der Waals surface area contributed by atoms with Gasteiger partial charge in [-0.05, 0) is 62.2 Å². The first-order valence-corrected chi connectivity index (χ1v) is 11.9. The van der Waals surface area contributed by atoms with Gasteiger partial charge >= 0.3 is 5.97 Å². The highest BCUT2D eigenvalue weighted by Gasteiger charge is 2.33. The molecule has 2 heterocycles. The van der Waals surface area contributed by atoms with Crippen molar-refractivity contribution >= 4 is 35.0 Å². The number of esters is 1. The van der Waals surface area contributed by atoms with Crippen LogP contribution in [0.25, 0.3) is 6.08 Å². The fourth-order valence-electron chi connectivity index (χ4n) is 3.79. The minimum absolute atomic E-state index is 0.0258. The van der Waals surface area contributed by atoms with Crippen molar-refractivity contribution in [2.45, 2.75) is 26.8 Å². The Morgan fingerprint density at radius 1 is 1.21 bits per heavy atom. The zero-order chi connectivity index (χ0) is 24.4. The number of hydrogen-bond donors (Lipinski definition) is 1. The summed E-state index contributed by atoms with van der Waals surface area (Å²) in [6, 6.07) is 11.2. The molecule has 176 valence electrons. The molecule has 3 aromatic rings. The molecular formula is C25H23ClN2O5S. The Morgan fingerprint density at radius 3 is 2.62 bits per heavy atom. The molecule has 0 spiro atoms. The maximum atomic E-state index is 13.6. The highest BCUT2D eigenvalue weighted by molar-refractivity contribution is 7.07. The molecule has 0 aliphatic carbocycles. The van der Waals surface area contributed by atoms with Crippen molar-refractivity contribution in [3.05, 3.63) is 89.6 Å². The minimum Gasteiger partial charge on any atom is -0.504 e. The van der Waals surface area contributed by atoms with E-state index in [-0.39, 0.29) is 17.9 Å². The van der Waals surface area contributed by atoms with Crippen molar-refractivity contribution in [1.82, 2.24) is 4.57 Å². The van der Waals surface area contributed by atoms with Crippen molar-refractivity contribution in [3.8, 4) is 11.5 Å². The third-order valence-electron chi connectivity index (χ3n) is 5.28. The fourth-order valence-corrected chi connectivity index (χ4v) is 4.97. The molecule has 1 atom stereocenters. The molecule has 0 radical (unpaired) electrons. The predicted octanol–water partition coefficient (Wildman–Crippen LogP) is 3.56. The maximum absolute atomic E-state index is 13.6. The number of halogens is 1. The Kier molecular flexibility index (Phi) is 6.90. The van der Waals surface area contributed by atoms with Gasteiger partial charge in [0.25, 0.3) is 5.56 Å². The molecule has 0 fully saturated rings. The van der Waals surface area contributed by atoms with E-state index in [1.807, 2.05) is 6.92 Å². The Bertz CT molecular complexity index is 1450. The van der Waals surface area contributed by atoms with E-state index >= 15 is 0 Å². The molecule has 1 aromatic heterocycles. The quantitative estimate of drug-likeness (QED) is 0.525. The van der Waals surface area contributed by atoms with Crippen LogP contribution < -0.4 is 19.6 Å². The van der Waals surface area contributed by atoms with Gasteiger partial charge in [-0.1, -0.05) is 41.1 Å². The monoisotopic (exact) mass is 498 g/mol. The van der Waals surface area contributed by atoms with Crippen molar-refractivity contribution in [2.75, 3.05) is 13.2 Å². The number of benzene rings is 2. The molecule has 1 N–H and O–H groups in total. The smallest absolute Gasteiger partial charge is 0.338 e. The molecule has 1 aliphatic heterocycles. The van der Waals surface area contributed by atoms with Crippen LogP contribution in [0.2, 0.25) is 5.02 Å². The van der Waals surface area contributed by atoms with Crippen molar-refractivity contribution in [2.24, 2.45) is 4.99 Å². The van der Waals surface area contributed by atoms with Gasteiger partial charge < -0.3 is 14.6 Å². The molecule has 0 saturated heterocycles. The first-order valence-electron chi connectivity index (χ1n) is 10.7. The summed E-state index contributed by atoms with van der Waals surface area (Å²) < 4.78 is 12.7. The molecule has 1 aliphatic rings. The lowest BCUT2D eigenvalue weighted by Crippen LogP contribution is -2.39. The van der Waals surface area contributed by atoms with Gasteiger partial charge in [0.15, 0.2) is 16.3 Å². The summed E-state index contributed by atoms with van der Waals surface area (Å²) in [6.45, 7) is 5.89. The number of carbonyl (C=O) groups excluding carboxylic acids is 1. The zero-order valence-electron chi connectivity index (χ0n) is 18.9. The number of aromatic nitrogens is 1. The van der Waals surface area contributed by atoms with Crippen LogP contribution in [0.1, 0.15) is 37.9 Å². The maximum Gasteiger partial charge on any atom is 0.338 e. The molecular weight excluding hydrogens is 476 g/mol. The van der Waals surface area contributed by atoms with Crippen LogP contribution in [-0.2, 0) is 9.53 Å². The van der Waals surface area contributed by atoms with E-state index in [0.29, 0.717) is 43.5 Å². The number of fused-ring (bicyclic) bond motifs is 1. The summed E-state index contributed by atoms with van der Waals surface area (Å²) in [5, 5.41) is 10.5. The molecule has 9 heteroatoms. The molecule has 0 amide bonds. The van der Waals surface area contributed by atoms with Gasteiger partial charge in [-0.2, -0.15) is 0 Å². The van der Waals surface area contributed by atoms with Crippen molar-refractivity contribution < 1.29 is 19.4 Å². The molecule has 4 rings (SSSR count). The summed E-state index contributed by atoms with van der Waals surface area (Å²) in [4.78, 5) is 31.5. The Hall–Kier alpha value is -3.36. The van der Waals surface area contributed by atoms with E-state index in [9.17, 15) is 14.7 Å². The summed E-state index contributed by atoms with van der Waals surface area (Å²) in [7, 11) is 0. The second-order valence-corrected chi connectivity index (χ2v) is 8.96. The number of carbonyl (C=O) groups is 1. The van der Waals surface area contributed by atoms with E-state index in [4.69, 9.17) is 21.1 Å². The number of phenols is 1. The zero-order valence-corrected chi connectivity index (χ0v) is 20.4. The third kappa shape index (κ3) is 4.51. The normalized spacial score (nSPS) is 15.6. The molecule has 0 unspecified atom stereocenters. The Labute approximate surface area is 204 Å². The molecule has 0 saturated carbocycles. The number of allylic oxidation sites excluding steroid dienone is 1. The van der Waals surface area contributed by atoms with Crippen LogP contribution in [-0.4, -0.2) is 28.9 Å². The summed E-state index contributed by atoms with van der Waals surface area (Å²) >= 11 is 7.30. The van der Waals surface area contributed by atoms with Gasteiger partial charge in [0.1, 0.15) is 0 Å². The topological polar surface area (TPSA) is 90.1 Å². The van der Waals surface area contributed by atoms with Gasteiger partial charge in [0.05, 0.1) is 35.1 Å². The van der Waals surface area contributed by atoms with Gasteiger partial charge in [-0.3, -0.25) is 9.36 Å². The van der Waals surface area contributed by atoms with Gasteiger partial charge in [0.2, 0.25) is 0 Å². The van der Waals surface area contributed by atoms with Crippen LogP contribution in [0.5, 0.6) is 11.5 Å². The molecule has 2 aromatic carbocycles. The standard InChI is InChI=1S/C25H23ClN2O5S/c1-4-32-19-12-15(6-11-18(19)29)13-20-23(30)28-22(16-7-9-17(26)10-8-16)21(24(31)33-5-2)14(3)27-25(28)34-20/h6-13,22,29H,4-5H2,1-3H3/b20-13-/t22-/m1/s1. The van der Waals surface area contributed by atoms with Crippen LogP contribution in [0.4, 0.5) is 0 Å². The predicted molar refractivity (Wildman–Crippen MR) is 131 cm³/mol. The van der Waals surface area contributed by atoms with E-state index in [1.54, 1.807) is 56.3 Å². The Morgan fingerprint density at radius 2 is 1.94 bits per heavy atom. The number of phenolic OH excluding ortho intramolecular Hbond substituents is 1. The van der Waals surface area contributed by atoms with Crippen LogP contribution >= 0.6 is 22.9 Å². The van der Waals surface area contributed by atoms with E-state index in [0.717, 1.165) is 5.56 Å². The minimum atomic E-state index is -0.700. The lowest BCUT2D eigenvalue weighted by atomic mass is 9.96. The fraction of sp³-hybridized carbons (Fsp3) is 0.240. The number of nitrogens with zero attached hydrogens (tertiary/aromatic N) is 2. The van der Waals surface area contributed by atoms with Crippen LogP contribution in [0, 0.1) is 0 Å². The number of aromatic hydroxyl groups is 1. The van der Waals surface area contributed by atoms with Gasteiger partial charge in [-0.25, -0.2) is 9.79 Å². The highest BCUT2D eigenvalue weighted by atomic mass is 35.5. The number of ether oxygens (including phenoxy) is 2. The third-order valence-corrected chi connectivity index (χ3v) is 6.52. The lowest BCUT2D eigenvalue weighted by molar-refractivity contribution is -0.139. The van der Waals surface area contributed by atoms with Gasteiger partial charge in [-0.15, -0.1) is 0 Å². The summed E-state index contributed by atoms with van der Waals surface area (Å²) in [5.74, 6) is -0.153. The highest BCUT2D eigenvalue weighted by Crippen LogP contribution is 2.31. The van der Waals surface area contributed by atoms with Gasteiger partial charge in [0, 0.05) is 5.02 Å². The number of rotatable bonds is 6. The second-order valence-electron chi connectivity index (χ2n) is 7.51.